The van der Waals surface area contributed by atoms with Gasteiger partial charge in [-0.3, -0.25) is 10.4 Å². The van der Waals surface area contributed by atoms with Crippen LogP contribution in [0.3, 0.4) is 0 Å². The van der Waals surface area contributed by atoms with Crippen LogP contribution in [0.1, 0.15) is 43.0 Å². The highest BCUT2D eigenvalue weighted by Gasteiger charge is 2.37. The Morgan fingerprint density at radius 1 is 1.21 bits per heavy atom. The molecule has 0 saturated heterocycles. The Morgan fingerprint density at radius 3 is 2.72 bits per heavy atom. The van der Waals surface area contributed by atoms with Crippen LogP contribution in [0, 0.1) is 0 Å². The second-order valence-electron chi connectivity index (χ2n) is 7.26. The summed E-state index contributed by atoms with van der Waals surface area (Å²) in [5.41, 5.74) is 10.5. The second-order valence-corrected chi connectivity index (χ2v) is 7.26. The van der Waals surface area contributed by atoms with Crippen LogP contribution < -0.4 is 10.2 Å². The SMILES string of the molecule is CCOC(=O)C=C(C)N1NC2=C(CCc3ccc(OC)cc32)C1c1ccccc1. The molecule has 5 heteroatoms. The summed E-state index contributed by atoms with van der Waals surface area (Å²) >= 11 is 0. The third kappa shape index (κ3) is 3.60. The van der Waals surface area contributed by atoms with Gasteiger partial charge in [-0.2, -0.15) is 0 Å². The van der Waals surface area contributed by atoms with Crippen molar-refractivity contribution in [1.82, 2.24) is 10.4 Å². The number of nitrogens with one attached hydrogen (secondary N) is 1. The maximum Gasteiger partial charge on any atom is 0.332 e. The molecule has 1 atom stereocenters. The van der Waals surface area contributed by atoms with E-state index in [1.54, 1.807) is 13.2 Å². The van der Waals surface area contributed by atoms with Gasteiger partial charge in [-0.1, -0.05) is 36.4 Å². The third-order valence-corrected chi connectivity index (χ3v) is 5.50. The molecule has 0 radical (unpaired) electrons. The summed E-state index contributed by atoms with van der Waals surface area (Å²) in [7, 11) is 1.69. The first-order valence-corrected chi connectivity index (χ1v) is 9.98. The van der Waals surface area contributed by atoms with Crippen LogP contribution in [0.2, 0.25) is 0 Å². The number of allylic oxidation sites excluding steroid dienone is 1. The van der Waals surface area contributed by atoms with Crippen LogP contribution >= 0.6 is 0 Å². The normalized spacial score (nSPS) is 18.1. The lowest BCUT2D eigenvalue weighted by molar-refractivity contribution is -0.137. The fourth-order valence-electron chi connectivity index (χ4n) is 4.15. The molecule has 2 aromatic rings. The number of aryl methyl sites for hydroxylation is 1. The Morgan fingerprint density at radius 2 is 2.00 bits per heavy atom. The molecule has 1 N–H and O–H groups in total. The summed E-state index contributed by atoms with van der Waals surface area (Å²) in [6.07, 6.45) is 3.50. The molecule has 0 saturated carbocycles. The number of benzene rings is 2. The first kappa shape index (κ1) is 19.1. The van der Waals surface area contributed by atoms with Gasteiger partial charge in [-0.15, -0.1) is 0 Å². The number of hydrogen-bond donors (Lipinski definition) is 1. The Balaban J connectivity index is 1.78. The number of hydrazine groups is 1. The average Bonchev–Trinajstić information content (AvgIpc) is 3.14. The molecule has 29 heavy (non-hydrogen) atoms. The van der Waals surface area contributed by atoms with E-state index in [1.807, 2.05) is 26.0 Å². The molecule has 1 unspecified atom stereocenters. The molecule has 1 heterocycles. The van der Waals surface area contributed by atoms with E-state index in [0.717, 1.165) is 35.5 Å². The van der Waals surface area contributed by atoms with Gasteiger partial charge in [-0.25, -0.2) is 4.79 Å². The fourth-order valence-corrected chi connectivity index (χ4v) is 4.15. The van der Waals surface area contributed by atoms with Crippen molar-refractivity contribution in [2.75, 3.05) is 13.7 Å². The molecule has 0 bridgehead atoms. The van der Waals surface area contributed by atoms with E-state index in [1.165, 1.54) is 16.7 Å². The van der Waals surface area contributed by atoms with Crippen molar-refractivity contribution in [2.45, 2.75) is 32.7 Å². The molecule has 1 aliphatic heterocycles. The van der Waals surface area contributed by atoms with Gasteiger partial charge in [0.25, 0.3) is 0 Å². The highest BCUT2D eigenvalue weighted by atomic mass is 16.5. The highest BCUT2D eigenvalue weighted by Crippen LogP contribution is 2.45. The lowest BCUT2D eigenvalue weighted by Crippen LogP contribution is -2.33. The number of carbonyl (C=O) groups excluding carboxylic acids is 1. The summed E-state index contributed by atoms with van der Waals surface area (Å²) in [6, 6.07) is 16.7. The summed E-state index contributed by atoms with van der Waals surface area (Å²) in [5.74, 6) is 0.512. The van der Waals surface area contributed by atoms with Crippen molar-refractivity contribution < 1.29 is 14.3 Å². The Kier molecular flexibility index (Phi) is 5.30. The van der Waals surface area contributed by atoms with Crippen molar-refractivity contribution in [3.63, 3.8) is 0 Å². The van der Waals surface area contributed by atoms with E-state index in [4.69, 9.17) is 9.47 Å². The Hall–Kier alpha value is -3.21. The summed E-state index contributed by atoms with van der Waals surface area (Å²) in [5, 5.41) is 2.07. The molecule has 2 aliphatic rings. The van der Waals surface area contributed by atoms with Gasteiger partial charge in [0.1, 0.15) is 5.75 Å². The van der Waals surface area contributed by atoms with Gasteiger partial charge in [0, 0.05) is 17.3 Å². The lowest BCUT2D eigenvalue weighted by Gasteiger charge is -2.29. The zero-order chi connectivity index (χ0) is 20.4. The second kappa shape index (κ2) is 8.03. The van der Waals surface area contributed by atoms with Crippen LogP contribution in [0.5, 0.6) is 5.75 Å². The number of esters is 1. The number of carbonyl (C=O) groups is 1. The minimum absolute atomic E-state index is 0.0243. The van der Waals surface area contributed by atoms with Crippen LogP contribution in [-0.2, 0) is 16.0 Å². The average molecular weight is 390 g/mol. The van der Waals surface area contributed by atoms with E-state index in [2.05, 4.69) is 46.8 Å². The maximum atomic E-state index is 12.1. The monoisotopic (exact) mass is 390 g/mol. The number of fused-ring (bicyclic) bond motifs is 2. The van der Waals surface area contributed by atoms with Gasteiger partial charge in [0.05, 0.1) is 25.5 Å². The predicted molar refractivity (Wildman–Crippen MR) is 113 cm³/mol. The smallest absolute Gasteiger partial charge is 0.332 e. The number of ether oxygens (including phenoxy) is 2. The van der Waals surface area contributed by atoms with Crippen molar-refractivity contribution in [3.05, 3.63) is 82.6 Å². The molecule has 150 valence electrons. The minimum atomic E-state index is -0.328. The topological polar surface area (TPSA) is 50.8 Å². The number of rotatable bonds is 5. The van der Waals surface area contributed by atoms with Gasteiger partial charge in [-0.05, 0) is 55.5 Å². The van der Waals surface area contributed by atoms with E-state index in [9.17, 15) is 4.79 Å². The summed E-state index contributed by atoms with van der Waals surface area (Å²) in [6.45, 7) is 4.11. The van der Waals surface area contributed by atoms with E-state index < -0.39 is 0 Å². The molecular formula is C24H26N2O3. The summed E-state index contributed by atoms with van der Waals surface area (Å²) < 4.78 is 10.6. The number of methoxy groups -OCH3 is 1. The van der Waals surface area contributed by atoms with Crippen molar-refractivity contribution in [3.8, 4) is 5.75 Å². The Labute approximate surface area is 171 Å². The van der Waals surface area contributed by atoms with Crippen LogP contribution in [0.25, 0.3) is 5.70 Å². The van der Waals surface area contributed by atoms with Crippen LogP contribution in [0.4, 0.5) is 0 Å². The molecule has 0 aromatic heterocycles. The van der Waals surface area contributed by atoms with E-state index in [-0.39, 0.29) is 12.0 Å². The highest BCUT2D eigenvalue weighted by molar-refractivity contribution is 5.83. The van der Waals surface area contributed by atoms with Crippen molar-refractivity contribution in [2.24, 2.45) is 0 Å². The predicted octanol–water partition coefficient (Wildman–Crippen LogP) is 4.38. The minimum Gasteiger partial charge on any atom is -0.497 e. The molecule has 2 aromatic carbocycles. The molecule has 0 spiro atoms. The maximum absolute atomic E-state index is 12.1. The van der Waals surface area contributed by atoms with Gasteiger partial charge in [0.15, 0.2) is 0 Å². The molecule has 5 nitrogen and oxygen atoms in total. The largest absolute Gasteiger partial charge is 0.497 e. The zero-order valence-electron chi connectivity index (χ0n) is 17.1. The molecule has 1 aliphatic carbocycles. The third-order valence-electron chi connectivity index (χ3n) is 5.50. The van der Waals surface area contributed by atoms with Gasteiger partial charge < -0.3 is 9.47 Å². The first-order chi connectivity index (χ1) is 14.1. The first-order valence-electron chi connectivity index (χ1n) is 9.98. The summed E-state index contributed by atoms with van der Waals surface area (Å²) in [4.78, 5) is 12.1. The van der Waals surface area contributed by atoms with E-state index in [0.29, 0.717) is 6.61 Å². The fraction of sp³-hybridized carbons (Fsp3) is 0.292. The molecule has 0 fully saturated rings. The standard InChI is InChI=1S/C24H26N2O3/c1-4-29-22(27)14-16(2)26-24(18-8-6-5-7-9-18)20-13-11-17-10-12-19(28-3)15-21(17)23(20)25-26/h5-10,12,14-15,24-25H,4,11,13H2,1-3H3. The zero-order valence-corrected chi connectivity index (χ0v) is 17.1. The van der Waals surface area contributed by atoms with Crippen molar-refractivity contribution in [1.29, 1.82) is 0 Å². The van der Waals surface area contributed by atoms with Gasteiger partial charge in [0.2, 0.25) is 0 Å². The van der Waals surface area contributed by atoms with Crippen LogP contribution in [0.15, 0.2) is 65.9 Å². The van der Waals surface area contributed by atoms with E-state index >= 15 is 0 Å². The molecule has 0 amide bonds. The molecular weight excluding hydrogens is 364 g/mol. The van der Waals surface area contributed by atoms with Crippen molar-refractivity contribution >= 4 is 11.7 Å². The Bertz CT molecular complexity index is 979. The van der Waals surface area contributed by atoms with Crippen LogP contribution in [-0.4, -0.2) is 24.7 Å². The number of hydrogen-bond acceptors (Lipinski definition) is 5. The number of nitrogens with zero attached hydrogens (tertiary/aromatic N) is 1. The quantitative estimate of drug-likeness (QED) is 0.606. The van der Waals surface area contributed by atoms with Gasteiger partial charge >= 0.3 is 5.97 Å². The lowest BCUT2D eigenvalue weighted by atomic mass is 9.85. The molecule has 4 rings (SSSR count).